The maximum Gasteiger partial charge on any atom is 0.409 e. The summed E-state index contributed by atoms with van der Waals surface area (Å²) >= 11 is 0. The van der Waals surface area contributed by atoms with Crippen molar-refractivity contribution in [3.8, 4) is 0 Å². The number of halogens is 2. The minimum atomic E-state index is -4.93. The van der Waals surface area contributed by atoms with E-state index in [0.717, 1.165) is 17.2 Å². The number of carbonyl (C=O) groups excluding carboxylic acids is 2. The zero-order valence-electron chi connectivity index (χ0n) is 15.4. The number of ether oxygens (including phenoxy) is 1. The van der Waals surface area contributed by atoms with E-state index in [0.29, 0.717) is 25.2 Å². The molecule has 0 atom stereocenters. The molecule has 0 saturated carbocycles. The van der Waals surface area contributed by atoms with Crippen molar-refractivity contribution in [3.05, 3.63) is 59.2 Å². The molecule has 1 heterocycles. The van der Waals surface area contributed by atoms with Crippen molar-refractivity contribution in [2.24, 2.45) is 0 Å². The van der Waals surface area contributed by atoms with E-state index in [1.807, 2.05) is 0 Å². The second-order valence-electron chi connectivity index (χ2n) is 6.38. The lowest BCUT2D eigenvalue weighted by atomic mass is 9.99. The van der Waals surface area contributed by atoms with E-state index in [9.17, 15) is 26.8 Å². The highest BCUT2D eigenvalue weighted by Crippen LogP contribution is 2.26. The fourth-order valence-corrected chi connectivity index (χ4v) is 4.04. The van der Waals surface area contributed by atoms with Gasteiger partial charge in [0, 0.05) is 18.8 Å². The number of alkyl halides is 2. The molecule has 10 heteroatoms. The van der Waals surface area contributed by atoms with Gasteiger partial charge >= 0.3 is 11.9 Å². The van der Waals surface area contributed by atoms with E-state index in [1.54, 1.807) is 18.2 Å². The average Bonchev–Trinajstić information content (AvgIpc) is 2.72. The summed E-state index contributed by atoms with van der Waals surface area (Å²) in [5.41, 5.74) is 1.78. The first-order valence-electron chi connectivity index (χ1n) is 8.61. The van der Waals surface area contributed by atoms with Crippen LogP contribution in [0.2, 0.25) is 0 Å². The number of amides is 2. The number of methoxy groups -OCH3 is 1. The Balaban J connectivity index is 1.86. The van der Waals surface area contributed by atoms with Gasteiger partial charge in [0.05, 0.1) is 17.6 Å². The molecule has 2 amide bonds. The number of nitrogens with zero attached hydrogens (tertiary/aromatic N) is 1. The van der Waals surface area contributed by atoms with Crippen molar-refractivity contribution in [3.63, 3.8) is 0 Å². The molecule has 1 aliphatic heterocycles. The minimum Gasteiger partial charge on any atom is -0.453 e. The number of hydrogen-bond donors (Lipinski definition) is 1. The number of sulfone groups is 1. The Labute approximate surface area is 166 Å². The number of anilines is 1. The predicted molar refractivity (Wildman–Crippen MR) is 101 cm³/mol. The lowest BCUT2D eigenvalue weighted by Gasteiger charge is -2.28. The van der Waals surface area contributed by atoms with Crippen molar-refractivity contribution in [2.75, 3.05) is 19.0 Å². The molecule has 154 valence electrons. The van der Waals surface area contributed by atoms with Gasteiger partial charge < -0.3 is 15.0 Å². The molecule has 0 unspecified atom stereocenters. The summed E-state index contributed by atoms with van der Waals surface area (Å²) < 4.78 is 54.3. The van der Waals surface area contributed by atoms with Crippen molar-refractivity contribution in [1.29, 1.82) is 0 Å². The summed E-state index contributed by atoms with van der Waals surface area (Å²) in [5, 5.41) is 2.53. The van der Waals surface area contributed by atoms with Crippen LogP contribution in [-0.2, 0) is 27.5 Å². The van der Waals surface area contributed by atoms with Crippen LogP contribution in [0, 0.1) is 0 Å². The van der Waals surface area contributed by atoms with Crippen LogP contribution in [0.5, 0.6) is 0 Å². The first-order valence-corrected chi connectivity index (χ1v) is 10.2. The quantitative estimate of drug-likeness (QED) is 0.814. The monoisotopic (exact) mass is 424 g/mol. The summed E-state index contributed by atoms with van der Waals surface area (Å²) in [6.45, 7) is 0.798. The maximum absolute atomic E-state index is 12.9. The Morgan fingerprint density at radius 1 is 1.14 bits per heavy atom. The Kier molecular flexibility index (Phi) is 5.83. The fraction of sp³-hybridized carbons (Fsp3) is 0.263. The van der Waals surface area contributed by atoms with Crippen LogP contribution in [-0.4, -0.2) is 44.7 Å². The number of fused-ring (bicyclic) bond motifs is 1. The second kappa shape index (κ2) is 8.16. The molecule has 1 aliphatic rings. The largest absolute Gasteiger partial charge is 0.453 e. The van der Waals surface area contributed by atoms with Crippen molar-refractivity contribution in [2.45, 2.75) is 23.6 Å². The first-order chi connectivity index (χ1) is 13.7. The SMILES string of the molecule is COC(=O)N1CCc2ccc(NC(=O)c3ccccc3S(=O)(=O)C(F)F)cc2C1. The maximum atomic E-state index is 12.9. The molecule has 1 N–H and O–H groups in total. The number of rotatable bonds is 4. The highest BCUT2D eigenvalue weighted by atomic mass is 32.2. The highest BCUT2D eigenvalue weighted by Gasteiger charge is 2.31. The van der Waals surface area contributed by atoms with Crippen LogP contribution in [0.25, 0.3) is 0 Å². The molecular formula is C19H18F2N2O5S. The zero-order chi connectivity index (χ0) is 21.2. The molecule has 0 aromatic heterocycles. The summed E-state index contributed by atoms with van der Waals surface area (Å²) in [5.74, 6) is -4.46. The number of carbonyl (C=O) groups is 2. The summed E-state index contributed by atoms with van der Waals surface area (Å²) in [6.07, 6.45) is 0.157. The third-order valence-corrected chi connectivity index (χ3v) is 6.02. The van der Waals surface area contributed by atoms with Gasteiger partial charge in [-0.05, 0) is 41.8 Å². The van der Waals surface area contributed by atoms with Gasteiger partial charge in [0.1, 0.15) is 0 Å². The van der Waals surface area contributed by atoms with Crippen molar-refractivity contribution < 1.29 is 31.5 Å². The molecule has 0 saturated heterocycles. The van der Waals surface area contributed by atoms with Crippen molar-refractivity contribution in [1.82, 2.24) is 4.90 Å². The lowest BCUT2D eigenvalue weighted by molar-refractivity contribution is 0.102. The van der Waals surface area contributed by atoms with Crippen molar-refractivity contribution >= 4 is 27.5 Å². The van der Waals surface area contributed by atoms with E-state index in [2.05, 4.69) is 5.32 Å². The Morgan fingerprint density at radius 2 is 1.86 bits per heavy atom. The van der Waals surface area contributed by atoms with Gasteiger partial charge in [-0.25, -0.2) is 13.2 Å². The normalized spacial score (nSPS) is 13.7. The molecule has 0 aliphatic carbocycles. The third kappa shape index (κ3) is 4.21. The van der Waals surface area contributed by atoms with Gasteiger partial charge in [0.25, 0.3) is 5.91 Å². The smallest absolute Gasteiger partial charge is 0.409 e. The number of hydrogen-bond acceptors (Lipinski definition) is 5. The van der Waals surface area contributed by atoms with Crippen LogP contribution in [0.3, 0.4) is 0 Å². The molecule has 29 heavy (non-hydrogen) atoms. The molecule has 3 rings (SSSR count). The van der Waals surface area contributed by atoms with Gasteiger partial charge in [-0.15, -0.1) is 0 Å². The van der Waals surface area contributed by atoms with Crippen LogP contribution in [0.4, 0.5) is 19.3 Å². The van der Waals surface area contributed by atoms with E-state index in [1.165, 1.54) is 30.2 Å². The van der Waals surface area contributed by atoms with Crippen LogP contribution >= 0.6 is 0 Å². The minimum absolute atomic E-state index is 0.294. The molecule has 2 aromatic rings. The number of nitrogens with one attached hydrogen (secondary N) is 1. The molecule has 0 bridgehead atoms. The van der Waals surface area contributed by atoms with Gasteiger partial charge in [0.2, 0.25) is 9.84 Å². The second-order valence-corrected chi connectivity index (χ2v) is 8.27. The summed E-state index contributed by atoms with van der Waals surface area (Å²) in [4.78, 5) is 25.1. The molecule has 0 spiro atoms. The van der Waals surface area contributed by atoms with Gasteiger partial charge in [0.15, 0.2) is 0 Å². The standard InChI is InChI=1S/C19H18F2N2O5S/c1-28-19(25)23-9-8-12-6-7-14(10-13(12)11-23)22-17(24)15-4-2-3-5-16(15)29(26,27)18(20)21/h2-7,10,18H,8-9,11H2,1H3,(H,22,24). The molecule has 2 aromatic carbocycles. The fourth-order valence-electron chi connectivity index (χ4n) is 3.12. The topological polar surface area (TPSA) is 92.8 Å². The molecule has 0 fully saturated rings. The Morgan fingerprint density at radius 3 is 2.55 bits per heavy atom. The third-order valence-electron chi connectivity index (χ3n) is 4.58. The molecular weight excluding hydrogens is 406 g/mol. The average molecular weight is 424 g/mol. The van der Waals surface area contributed by atoms with Crippen LogP contribution < -0.4 is 5.32 Å². The van der Waals surface area contributed by atoms with Crippen LogP contribution in [0.15, 0.2) is 47.4 Å². The Bertz CT molecular complexity index is 1060. The first kappa shape index (κ1) is 20.7. The molecule has 7 nitrogen and oxygen atoms in total. The number of benzene rings is 2. The van der Waals surface area contributed by atoms with E-state index >= 15 is 0 Å². The van der Waals surface area contributed by atoms with Gasteiger partial charge in [-0.3, -0.25) is 4.79 Å². The summed E-state index contributed by atoms with van der Waals surface area (Å²) in [6, 6.07) is 9.88. The highest BCUT2D eigenvalue weighted by molar-refractivity contribution is 7.91. The predicted octanol–water partition coefficient (Wildman–Crippen LogP) is 3.06. The molecule has 0 radical (unpaired) electrons. The van der Waals surface area contributed by atoms with Crippen LogP contribution in [0.1, 0.15) is 21.5 Å². The van der Waals surface area contributed by atoms with E-state index in [4.69, 9.17) is 4.74 Å². The van der Waals surface area contributed by atoms with E-state index < -0.39 is 32.5 Å². The Hall–Kier alpha value is -3.01. The lowest BCUT2D eigenvalue weighted by Crippen LogP contribution is -2.35. The van der Waals surface area contributed by atoms with Gasteiger partial charge in [-0.1, -0.05) is 18.2 Å². The van der Waals surface area contributed by atoms with E-state index in [-0.39, 0.29) is 5.56 Å². The van der Waals surface area contributed by atoms with Gasteiger partial charge in [-0.2, -0.15) is 8.78 Å². The summed E-state index contributed by atoms with van der Waals surface area (Å²) in [7, 11) is -3.64. The zero-order valence-corrected chi connectivity index (χ0v) is 16.2.